The summed E-state index contributed by atoms with van der Waals surface area (Å²) in [5.74, 6) is -3.44. The summed E-state index contributed by atoms with van der Waals surface area (Å²) in [6.07, 6.45) is 0. The molecule has 0 saturated carbocycles. The van der Waals surface area contributed by atoms with Gasteiger partial charge in [-0.05, 0) is 72.5 Å². The molecule has 0 amide bonds. The summed E-state index contributed by atoms with van der Waals surface area (Å²) in [7, 11) is -18.9. The number of benzene rings is 4. The molecule has 5 aromatic rings. The van der Waals surface area contributed by atoms with Gasteiger partial charge in [-0.15, -0.1) is 15.3 Å². The quantitative estimate of drug-likeness (QED) is 0.0620. The van der Waals surface area contributed by atoms with Crippen LogP contribution in [0.2, 0.25) is 0 Å². The number of hydrogen-bond acceptors (Lipinski definition) is 17. The van der Waals surface area contributed by atoms with Crippen LogP contribution in [0.15, 0.2) is 101 Å². The molecule has 0 aliphatic rings. The Kier molecular flexibility index (Phi) is 11.6. The number of H-pyrrole nitrogens is 1. The number of nitrogens with zero attached hydrogens (tertiary/aromatic N) is 5. The summed E-state index contributed by atoms with van der Waals surface area (Å²) in [6.45, 7) is -0.485. The van der Waals surface area contributed by atoms with E-state index in [0.29, 0.717) is 4.68 Å². The number of aryl methyl sites for hydroxylation is 1. The SMILES string of the molecule is Cc1cc(N=Nc2c(S(=O)(=O)O)cc3ccc(N=Nc4c(C(=O)O)[nH]n(-c5ccc(S(=O)(=O)O)cc5)c4=O)cc3c2O)c(CO)cc1S(=O)(=O)CCOS(=O)(=O)O. The van der Waals surface area contributed by atoms with Crippen LogP contribution in [0, 0.1) is 6.92 Å². The molecule has 23 nitrogen and oxygen atoms in total. The molecule has 0 aliphatic carbocycles. The lowest BCUT2D eigenvalue weighted by Crippen LogP contribution is -2.16. The first-order chi connectivity index (χ1) is 26.4. The number of azo groups is 2. The highest BCUT2D eigenvalue weighted by atomic mass is 32.3. The van der Waals surface area contributed by atoms with Crippen molar-refractivity contribution in [3.8, 4) is 11.4 Å². The first-order valence-corrected chi connectivity index (χ1v) is 21.2. The molecule has 27 heteroatoms. The third-order valence-corrected chi connectivity index (χ3v) is 11.8. The maximum Gasteiger partial charge on any atom is 0.397 e. The van der Waals surface area contributed by atoms with Crippen LogP contribution in [0.25, 0.3) is 16.5 Å². The molecule has 0 aliphatic heterocycles. The Balaban J connectivity index is 1.55. The number of phenolic OH excluding ortho intramolecular Hbond substituents is 1. The van der Waals surface area contributed by atoms with Gasteiger partial charge in [-0.25, -0.2) is 22.1 Å². The fourth-order valence-electron chi connectivity index (χ4n) is 5.14. The number of aromatic amines is 1. The summed E-state index contributed by atoms with van der Waals surface area (Å²) in [5.41, 5.74) is -3.94. The number of aromatic nitrogens is 2. The summed E-state index contributed by atoms with van der Waals surface area (Å²) in [4.78, 5) is 23.3. The maximum atomic E-state index is 13.2. The fraction of sp³-hybridized carbons (Fsp3) is 0.133. The Morgan fingerprint density at radius 1 is 0.807 bits per heavy atom. The zero-order chi connectivity index (χ0) is 42.2. The molecule has 0 atom stereocenters. The average Bonchev–Trinajstić information content (AvgIpc) is 3.44. The van der Waals surface area contributed by atoms with E-state index in [9.17, 15) is 67.7 Å². The van der Waals surface area contributed by atoms with Crippen molar-refractivity contribution in [2.45, 2.75) is 28.2 Å². The minimum atomic E-state index is -5.12. The number of rotatable bonds is 14. The number of aliphatic hydroxyl groups excluding tert-OH is 1. The van der Waals surface area contributed by atoms with E-state index in [1.54, 1.807) is 0 Å². The van der Waals surface area contributed by atoms with Gasteiger partial charge in [-0.2, -0.15) is 30.4 Å². The van der Waals surface area contributed by atoms with Crippen LogP contribution in [0.3, 0.4) is 0 Å². The highest BCUT2D eigenvalue weighted by Gasteiger charge is 2.25. The van der Waals surface area contributed by atoms with E-state index >= 15 is 0 Å². The first kappa shape index (κ1) is 42.4. The van der Waals surface area contributed by atoms with Crippen molar-refractivity contribution in [3.05, 3.63) is 87.8 Å². The minimum Gasteiger partial charge on any atom is -0.505 e. The number of carbonyl (C=O) groups is 1. The molecule has 0 bridgehead atoms. The van der Waals surface area contributed by atoms with E-state index in [-0.39, 0.29) is 43.9 Å². The second-order valence-corrected chi connectivity index (χ2v) is 17.6. The lowest BCUT2D eigenvalue weighted by Gasteiger charge is -2.12. The van der Waals surface area contributed by atoms with E-state index in [1.807, 2.05) is 0 Å². The summed E-state index contributed by atoms with van der Waals surface area (Å²) >= 11 is 0. The number of fused-ring (bicyclic) bond motifs is 1. The van der Waals surface area contributed by atoms with E-state index in [1.165, 1.54) is 19.1 Å². The number of sulfone groups is 1. The molecule has 0 spiro atoms. The van der Waals surface area contributed by atoms with Crippen LogP contribution in [0.5, 0.6) is 5.75 Å². The molecule has 0 saturated heterocycles. The molecule has 0 unspecified atom stereocenters. The smallest absolute Gasteiger partial charge is 0.397 e. The number of phenols is 1. The number of aliphatic hydroxyl groups is 1. The van der Waals surface area contributed by atoms with E-state index in [2.05, 4.69) is 29.7 Å². The Hall–Kier alpha value is -5.78. The van der Waals surface area contributed by atoms with E-state index in [4.69, 9.17) is 4.55 Å². The van der Waals surface area contributed by atoms with Crippen LogP contribution >= 0.6 is 0 Å². The fourth-order valence-corrected chi connectivity index (χ4v) is 8.08. The lowest BCUT2D eigenvalue weighted by atomic mass is 10.1. The molecule has 5 rings (SSSR count). The Morgan fingerprint density at radius 2 is 1.46 bits per heavy atom. The number of carboxylic acids is 1. The van der Waals surface area contributed by atoms with Crippen LogP contribution in [-0.4, -0.2) is 90.8 Å². The molecule has 0 fully saturated rings. The van der Waals surface area contributed by atoms with Gasteiger partial charge in [-0.3, -0.25) is 23.6 Å². The Bertz CT molecular complexity index is 3030. The Morgan fingerprint density at radius 3 is 2.04 bits per heavy atom. The molecular weight excluding hydrogens is 845 g/mol. The molecule has 4 aromatic carbocycles. The number of carboxylic acid groups (broad SMARTS) is 1. The number of hydrogen-bond donors (Lipinski definition) is 7. The minimum absolute atomic E-state index is 0.00367. The van der Waals surface area contributed by atoms with Gasteiger partial charge < -0.3 is 15.3 Å². The van der Waals surface area contributed by atoms with E-state index in [0.717, 1.165) is 48.5 Å². The van der Waals surface area contributed by atoms with Crippen molar-refractivity contribution < 1.29 is 71.6 Å². The molecule has 0 radical (unpaired) electrons. The average molecular weight is 871 g/mol. The van der Waals surface area contributed by atoms with Crippen molar-refractivity contribution >= 4 is 80.0 Å². The second-order valence-electron chi connectivity index (χ2n) is 11.6. The predicted octanol–water partition coefficient (Wildman–Crippen LogP) is 3.44. The third-order valence-electron chi connectivity index (χ3n) is 7.78. The molecule has 57 heavy (non-hydrogen) atoms. The maximum absolute atomic E-state index is 13.2. The molecule has 1 heterocycles. The summed E-state index contributed by atoms with van der Waals surface area (Å²) in [6, 6.07) is 10.7. The van der Waals surface area contributed by atoms with Crippen molar-refractivity contribution in [2.75, 3.05) is 12.4 Å². The van der Waals surface area contributed by atoms with Gasteiger partial charge in [0.05, 0.1) is 45.8 Å². The molecule has 302 valence electrons. The monoisotopic (exact) mass is 870 g/mol. The highest BCUT2D eigenvalue weighted by molar-refractivity contribution is 7.91. The first-order valence-electron chi connectivity index (χ1n) is 15.3. The topological polar surface area (TPSA) is 371 Å². The van der Waals surface area contributed by atoms with Crippen LogP contribution in [0.4, 0.5) is 22.7 Å². The summed E-state index contributed by atoms with van der Waals surface area (Å²) in [5, 5.41) is 48.2. The lowest BCUT2D eigenvalue weighted by molar-refractivity contribution is 0.0690. The number of nitrogens with one attached hydrogen (secondary N) is 1. The van der Waals surface area contributed by atoms with Gasteiger partial charge >= 0.3 is 16.4 Å². The zero-order valence-corrected chi connectivity index (χ0v) is 31.7. The van der Waals surface area contributed by atoms with Crippen LogP contribution in [-0.2, 0) is 51.3 Å². The number of aromatic hydroxyl groups is 1. The number of aromatic carboxylic acids is 1. The van der Waals surface area contributed by atoms with Gasteiger partial charge in [0.15, 0.2) is 27.0 Å². The van der Waals surface area contributed by atoms with Crippen molar-refractivity contribution in [3.63, 3.8) is 0 Å². The highest BCUT2D eigenvalue weighted by Crippen LogP contribution is 2.43. The van der Waals surface area contributed by atoms with Gasteiger partial charge in [0.25, 0.3) is 25.8 Å². The largest absolute Gasteiger partial charge is 0.505 e. The normalized spacial score (nSPS) is 12.9. The van der Waals surface area contributed by atoms with Crippen LogP contribution < -0.4 is 5.56 Å². The molecule has 1 aromatic heterocycles. The third kappa shape index (κ3) is 9.44. The van der Waals surface area contributed by atoms with Crippen molar-refractivity contribution in [1.82, 2.24) is 9.78 Å². The van der Waals surface area contributed by atoms with E-state index < -0.39 is 104 Å². The van der Waals surface area contributed by atoms with Gasteiger partial charge in [0, 0.05) is 10.9 Å². The van der Waals surface area contributed by atoms with Gasteiger partial charge in [0.2, 0.25) is 0 Å². The van der Waals surface area contributed by atoms with Gasteiger partial charge in [0.1, 0.15) is 10.6 Å². The summed E-state index contributed by atoms with van der Waals surface area (Å²) < 4.78 is 127. The van der Waals surface area contributed by atoms with Crippen molar-refractivity contribution in [1.29, 1.82) is 0 Å². The zero-order valence-electron chi connectivity index (χ0n) is 28.4. The second kappa shape index (κ2) is 15.6. The predicted molar refractivity (Wildman–Crippen MR) is 194 cm³/mol. The Labute approximate surface area is 320 Å². The molecular formula is C30H26N6O17S4. The molecule has 7 N–H and O–H groups in total. The van der Waals surface area contributed by atoms with Gasteiger partial charge in [-0.1, -0.05) is 6.07 Å². The van der Waals surface area contributed by atoms with Crippen LogP contribution in [0.1, 0.15) is 21.6 Å². The van der Waals surface area contributed by atoms with Crippen molar-refractivity contribution in [2.24, 2.45) is 20.5 Å². The standard InChI is InChI=1S/C30H26N6O17S4/c1-15-10-22(17(14-37)12-23(15)54(42,43)9-8-53-57(50,51)52)32-33-25-24(56(47,48)49)11-16-2-3-18(13-21(16)28(25)38)31-34-26-27(30(40)41)35-36(29(26)39)19-4-6-20(7-5-19)55(44,45)46/h2-7,10-13,35,37-38H,8-9,14H2,1H3,(H,40,41)(H,44,45,46)(H,47,48,49)(H,50,51,52).